The van der Waals surface area contributed by atoms with Crippen LogP contribution in [0.4, 0.5) is 10.2 Å². The fourth-order valence-electron chi connectivity index (χ4n) is 5.28. The Labute approximate surface area is 201 Å². The molecule has 1 saturated heterocycles. The Morgan fingerprint density at radius 3 is 2.74 bits per heavy atom. The SMILES string of the molecule is CO[C@H]1CN(c2nc3cc(F)c(C)cc3cc2C(=O)NC(C)N)CC[C@H]1CNC1CCCCC1. The molecular weight excluding hydrogens is 433 g/mol. The van der Waals surface area contributed by atoms with Crippen LogP contribution in [0.5, 0.6) is 0 Å². The topological polar surface area (TPSA) is 92.5 Å². The van der Waals surface area contributed by atoms with Gasteiger partial charge in [0, 0.05) is 50.2 Å². The van der Waals surface area contributed by atoms with E-state index in [2.05, 4.69) is 15.5 Å². The summed E-state index contributed by atoms with van der Waals surface area (Å²) in [5.41, 5.74) is 7.33. The Bertz CT molecular complexity index is 1010. The van der Waals surface area contributed by atoms with Gasteiger partial charge in [0.1, 0.15) is 11.6 Å². The highest BCUT2D eigenvalue weighted by atomic mass is 19.1. The Morgan fingerprint density at radius 1 is 1.26 bits per heavy atom. The van der Waals surface area contributed by atoms with E-state index in [9.17, 15) is 9.18 Å². The molecule has 0 spiro atoms. The van der Waals surface area contributed by atoms with Crippen molar-refractivity contribution >= 4 is 22.6 Å². The van der Waals surface area contributed by atoms with E-state index in [1.807, 2.05) is 0 Å². The van der Waals surface area contributed by atoms with Crippen LogP contribution in [-0.4, -0.2) is 55.9 Å². The Balaban J connectivity index is 1.57. The number of nitrogens with two attached hydrogens (primary N) is 1. The van der Waals surface area contributed by atoms with Gasteiger partial charge in [0.15, 0.2) is 0 Å². The van der Waals surface area contributed by atoms with Gasteiger partial charge in [-0.2, -0.15) is 0 Å². The number of ether oxygens (including phenoxy) is 1. The number of hydrogen-bond donors (Lipinski definition) is 3. The Kier molecular flexibility index (Phi) is 8.01. The van der Waals surface area contributed by atoms with Gasteiger partial charge in [-0.05, 0) is 50.8 Å². The summed E-state index contributed by atoms with van der Waals surface area (Å²) in [5.74, 6) is 0.358. The molecule has 3 atom stereocenters. The summed E-state index contributed by atoms with van der Waals surface area (Å²) < 4.78 is 20.2. The number of methoxy groups -OCH3 is 1. The van der Waals surface area contributed by atoms with Gasteiger partial charge in [0.05, 0.1) is 23.3 Å². The summed E-state index contributed by atoms with van der Waals surface area (Å²) in [5, 5.41) is 7.27. The number of hydrogen-bond acceptors (Lipinski definition) is 6. The standard InChI is InChI=1S/C26H38FN5O2/c1-16-11-19-12-21(26(33)30-17(2)28)25(31-23(19)13-22(16)27)32-10-9-18(24(15-32)34-3)14-29-20-7-5-4-6-8-20/h11-13,17-18,20,24,29H,4-10,14-15,28H2,1-3H3,(H,30,33)/t17?,18-,24-/m0/s1. The second-order valence-electron chi connectivity index (χ2n) is 9.93. The van der Waals surface area contributed by atoms with Gasteiger partial charge in [0.25, 0.3) is 5.91 Å². The molecule has 2 aromatic rings. The van der Waals surface area contributed by atoms with E-state index in [1.165, 1.54) is 38.2 Å². The van der Waals surface area contributed by atoms with Crippen LogP contribution in [0.1, 0.15) is 61.4 Å². The van der Waals surface area contributed by atoms with Crippen molar-refractivity contribution in [3.8, 4) is 0 Å². The first-order valence-electron chi connectivity index (χ1n) is 12.5. The van der Waals surface area contributed by atoms with Crippen molar-refractivity contribution < 1.29 is 13.9 Å². The summed E-state index contributed by atoms with van der Waals surface area (Å²) in [6, 6.07) is 5.57. The number of fused-ring (bicyclic) bond motifs is 1. The summed E-state index contributed by atoms with van der Waals surface area (Å²) in [6.45, 7) is 5.74. The van der Waals surface area contributed by atoms with Crippen molar-refractivity contribution in [1.82, 2.24) is 15.6 Å². The molecule has 2 heterocycles. The second-order valence-corrected chi connectivity index (χ2v) is 9.93. The molecule has 1 aromatic heterocycles. The third-order valence-electron chi connectivity index (χ3n) is 7.25. The van der Waals surface area contributed by atoms with Crippen LogP contribution in [0.25, 0.3) is 10.9 Å². The number of carbonyl (C=O) groups is 1. The van der Waals surface area contributed by atoms with E-state index in [0.29, 0.717) is 41.0 Å². The minimum absolute atomic E-state index is 0.0152. The first-order valence-corrected chi connectivity index (χ1v) is 12.5. The average molecular weight is 472 g/mol. The van der Waals surface area contributed by atoms with Crippen molar-refractivity contribution in [2.24, 2.45) is 11.7 Å². The van der Waals surface area contributed by atoms with Crippen molar-refractivity contribution in [2.45, 2.75) is 70.7 Å². The number of nitrogens with one attached hydrogen (secondary N) is 2. The molecule has 1 aliphatic carbocycles. The number of halogens is 1. The molecule has 8 heteroatoms. The van der Waals surface area contributed by atoms with E-state index >= 15 is 0 Å². The number of aryl methyl sites for hydroxylation is 1. The quantitative estimate of drug-likeness (QED) is 0.536. The lowest BCUT2D eigenvalue weighted by Crippen LogP contribution is -2.50. The van der Waals surface area contributed by atoms with Crippen LogP contribution >= 0.6 is 0 Å². The largest absolute Gasteiger partial charge is 0.379 e. The lowest BCUT2D eigenvalue weighted by Gasteiger charge is -2.40. The number of aromatic nitrogens is 1. The monoisotopic (exact) mass is 471 g/mol. The highest BCUT2D eigenvalue weighted by Gasteiger charge is 2.32. The zero-order chi connectivity index (χ0) is 24.2. The van der Waals surface area contributed by atoms with Crippen LogP contribution in [0.15, 0.2) is 18.2 Å². The van der Waals surface area contributed by atoms with Crippen LogP contribution in [0, 0.1) is 18.7 Å². The van der Waals surface area contributed by atoms with Crippen LogP contribution in [0.2, 0.25) is 0 Å². The number of pyridine rings is 1. The molecular formula is C26H38FN5O2. The van der Waals surface area contributed by atoms with Crippen LogP contribution in [-0.2, 0) is 4.74 Å². The highest BCUT2D eigenvalue weighted by molar-refractivity contribution is 6.02. The van der Waals surface area contributed by atoms with Crippen LogP contribution < -0.4 is 21.3 Å². The smallest absolute Gasteiger partial charge is 0.256 e. The molecule has 1 amide bonds. The zero-order valence-corrected chi connectivity index (χ0v) is 20.6. The van der Waals surface area contributed by atoms with Gasteiger partial charge in [-0.15, -0.1) is 0 Å². The van der Waals surface area contributed by atoms with Gasteiger partial charge in [-0.1, -0.05) is 19.3 Å². The third-order valence-corrected chi connectivity index (χ3v) is 7.25. The lowest BCUT2D eigenvalue weighted by atomic mass is 9.91. The molecule has 4 rings (SSSR count). The predicted octanol–water partition coefficient (Wildman–Crippen LogP) is 3.48. The number of nitrogens with zero attached hydrogens (tertiary/aromatic N) is 2. The second kappa shape index (κ2) is 11.0. The fourth-order valence-corrected chi connectivity index (χ4v) is 5.28. The fraction of sp³-hybridized carbons (Fsp3) is 0.615. The number of carbonyl (C=O) groups excluding carboxylic acids is 1. The maximum Gasteiger partial charge on any atom is 0.256 e. The van der Waals surface area contributed by atoms with Gasteiger partial charge in [-0.3, -0.25) is 4.79 Å². The van der Waals surface area contributed by atoms with Gasteiger partial charge >= 0.3 is 0 Å². The van der Waals surface area contributed by atoms with Crippen molar-refractivity contribution in [3.63, 3.8) is 0 Å². The molecule has 0 bridgehead atoms. The molecule has 186 valence electrons. The molecule has 2 fully saturated rings. The lowest BCUT2D eigenvalue weighted by molar-refractivity contribution is 0.0406. The number of benzene rings is 1. The number of amides is 1. The molecule has 2 aliphatic rings. The predicted molar refractivity (Wildman–Crippen MR) is 134 cm³/mol. The van der Waals surface area contributed by atoms with Gasteiger partial charge in [-0.25, -0.2) is 9.37 Å². The van der Waals surface area contributed by atoms with Crippen molar-refractivity contribution in [1.29, 1.82) is 0 Å². The number of piperidine rings is 1. The first kappa shape index (κ1) is 24.8. The highest BCUT2D eigenvalue weighted by Crippen LogP contribution is 2.30. The third kappa shape index (κ3) is 5.67. The van der Waals surface area contributed by atoms with E-state index < -0.39 is 6.17 Å². The number of anilines is 1. The molecule has 7 nitrogen and oxygen atoms in total. The molecule has 4 N–H and O–H groups in total. The molecule has 0 radical (unpaired) electrons. The first-order chi connectivity index (χ1) is 16.4. The van der Waals surface area contributed by atoms with Gasteiger partial charge < -0.3 is 26.0 Å². The summed E-state index contributed by atoms with van der Waals surface area (Å²) >= 11 is 0. The number of rotatable bonds is 7. The minimum atomic E-state index is -0.491. The molecule has 34 heavy (non-hydrogen) atoms. The maximum absolute atomic E-state index is 14.3. The van der Waals surface area contributed by atoms with Gasteiger partial charge in [0.2, 0.25) is 0 Å². The van der Waals surface area contributed by atoms with E-state index in [-0.39, 0.29) is 17.8 Å². The van der Waals surface area contributed by atoms with Crippen molar-refractivity contribution in [3.05, 3.63) is 35.1 Å². The summed E-state index contributed by atoms with van der Waals surface area (Å²) in [4.78, 5) is 19.9. The zero-order valence-electron chi connectivity index (χ0n) is 20.6. The summed E-state index contributed by atoms with van der Waals surface area (Å²) in [7, 11) is 1.75. The summed E-state index contributed by atoms with van der Waals surface area (Å²) in [6.07, 6.45) is 6.92. The Morgan fingerprint density at radius 2 is 2.03 bits per heavy atom. The normalized spacial score (nSPS) is 22.7. The van der Waals surface area contributed by atoms with E-state index in [0.717, 1.165) is 24.9 Å². The molecule has 1 unspecified atom stereocenters. The Hall–Kier alpha value is -2.29. The van der Waals surface area contributed by atoms with E-state index in [1.54, 1.807) is 33.1 Å². The average Bonchev–Trinajstić information content (AvgIpc) is 2.83. The van der Waals surface area contributed by atoms with E-state index in [4.69, 9.17) is 15.5 Å². The maximum atomic E-state index is 14.3. The molecule has 1 aromatic carbocycles. The minimum Gasteiger partial charge on any atom is -0.379 e. The molecule has 1 saturated carbocycles. The molecule has 1 aliphatic heterocycles. The van der Waals surface area contributed by atoms with Crippen molar-refractivity contribution in [2.75, 3.05) is 31.6 Å². The van der Waals surface area contributed by atoms with Crippen LogP contribution in [0.3, 0.4) is 0 Å².